The highest BCUT2D eigenvalue weighted by molar-refractivity contribution is 5.82. The molecule has 0 aromatic carbocycles. The minimum absolute atomic E-state index is 0.00928. The quantitative estimate of drug-likeness (QED) is 0.376. The van der Waals surface area contributed by atoms with E-state index < -0.39 is 5.82 Å². The van der Waals surface area contributed by atoms with Crippen molar-refractivity contribution in [2.45, 2.75) is 26.8 Å². The average molecular weight is 476 g/mol. The van der Waals surface area contributed by atoms with E-state index in [4.69, 9.17) is 0 Å². The summed E-state index contributed by atoms with van der Waals surface area (Å²) in [6, 6.07) is 9.27. The summed E-state index contributed by atoms with van der Waals surface area (Å²) in [7, 11) is 0. The van der Waals surface area contributed by atoms with E-state index in [1.807, 2.05) is 45.0 Å². The molecule has 0 aliphatic carbocycles. The summed E-state index contributed by atoms with van der Waals surface area (Å²) in [6.45, 7) is 7.06. The zero-order chi connectivity index (χ0) is 24.5. The second-order valence-corrected chi connectivity index (χ2v) is 8.83. The van der Waals surface area contributed by atoms with Gasteiger partial charge in [0, 0.05) is 31.0 Å². The summed E-state index contributed by atoms with van der Waals surface area (Å²) in [4.78, 5) is 23.9. The lowest BCUT2D eigenvalue weighted by Crippen LogP contribution is -2.54. The van der Waals surface area contributed by atoms with Gasteiger partial charge in [0.15, 0.2) is 17.5 Å². The number of rotatable bonds is 7. The molecular weight excluding hydrogens is 449 g/mol. The first-order valence-corrected chi connectivity index (χ1v) is 11.3. The Balaban J connectivity index is 1.16. The maximum atomic E-state index is 13.2. The van der Waals surface area contributed by atoms with Crippen LogP contribution in [0.3, 0.4) is 0 Å². The molecule has 0 saturated carbocycles. The molecule has 1 aliphatic heterocycles. The van der Waals surface area contributed by atoms with Gasteiger partial charge in [-0.1, -0.05) is 6.07 Å². The number of hydrogen-bond acceptors (Lipinski definition) is 7. The van der Waals surface area contributed by atoms with Gasteiger partial charge in [-0.3, -0.25) is 9.89 Å². The fraction of sp³-hybridized carbons (Fsp3) is 0.292. The number of pyridine rings is 2. The Kier molecular flexibility index (Phi) is 5.89. The van der Waals surface area contributed by atoms with Crippen LogP contribution in [-0.4, -0.2) is 48.9 Å². The van der Waals surface area contributed by atoms with Gasteiger partial charge < -0.3 is 15.5 Å². The number of aromatic nitrogens is 6. The number of nitrogens with zero attached hydrogens (tertiary/aromatic N) is 6. The molecular formula is C24H26FN9O. The molecule has 35 heavy (non-hydrogen) atoms. The molecule has 5 rings (SSSR count). The van der Waals surface area contributed by atoms with Gasteiger partial charge >= 0.3 is 0 Å². The van der Waals surface area contributed by atoms with Crippen molar-refractivity contribution < 1.29 is 9.18 Å². The number of amides is 1. The van der Waals surface area contributed by atoms with Crippen LogP contribution in [0.2, 0.25) is 0 Å². The molecule has 1 fully saturated rings. The lowest BCUT2D eigenvalue weighted by atomic mass is 9.98. The van der Waals surface area contributed by atoms with Gasteiger partial charge in [-0.15, -0.1) is 0 Å². The number of H-pyrrole nitrogens is 1. The van der Waals surface area contributed by atoms with Gasteiger partial charge in [-0.05, 0) is 50.1 Å². The third-order valence-electron chi connectivity index (χ3n) is 5.91. The molecule has 0 unspecified atom stereocenters. The van der Waals surface area contributed by atoms with Crippen LogP contribution in [0.15, 0.2) is 48.9 Å². The summed E-state index contributed by atoms with van der Waals surface area (Å²) in [6.07, 6.45) is 4.05. The second-order valence-electron chi connectivity index (χ2n) is 8.83. The van der Waals surface area contributed by atoms with Crippen LogP contribution in [0.5, 0.6) is 0 Å². The number of carbonyl (C=O) groups excluding carboxylic acids is 1. The van der Waals surface area contributed by atoms with Crippen molar-refractivity contribution in [3.63, 3.8) is 0 Å². The molecule has 1 atom stereocenters. The smallest absolute Gasteiger partial charge is 0.227 e. The van der Waals surface area contributed by atoms with E-state index in [1.54, 1.807) is 12.3 Å². The van der Waals surface area contributed by atoms with E-state index in [-0.39, 0.29) is 17.9 Å². The SMILES string of the molecule is Cc1cc(Nc2cc(C)[nH]n2)nc(N2CC(C(=O)N[C@@H](C)c3ccc(-n4cc(F)cn4)nc3)C2)c1. The third-order valence-corrected chi connectivity index (χ3v) is 5.91. The maximum Gasteiger partial charge on any atom is 0.227 e. The first kappa shape index (κ1) is 22.5. The fourth-order valence-corrected chi connectivity index (χ4v) is 3.95. The van der Waals surface area contributed by atoms with Crippen molar-refractivity contribution in [1.29, 1.82) is 0 Å². The molecule has 1 amide bonds. The minimum Gasteiger partial charge on any atom is -0.355 e. The molecule has 1 aliphatic rings. The Morgan fingerprint density at radius 3 is 2.63 bits per heavy atom. The van der Waals surface area contributed by atoms with Crippen LogP contribution >= 0.6 is 0 Å². The first-order valence-electron chi connectivity index (χ1n) is 11.3. The van der Waals surface area contributed by atoms with E-state index in [0.29, 0.717) is 30.5 Å². The zero-order valence-corrected chi connectivity index (χ0v) is 19.7. The number of anilines is 3. The Morgan fingerprint density at radius 2 is 1.97 bits per heavy atom. The number of aromatic amines is 1. The van der Waals surface area contributed by atoms with E-state index in [9.17, 15) is 9.18 Å². The number of aryl methyl sites for hydroxylation is 2. The number of nitrogens with one attached hydrogen (secondary N) is 3. The van der Waals surface area contributed by atoms with Crippen molar-refractivity contribution in [1.82, 2.24) is 35.3 Å². The molecule has 0 bridgehead atoms. The van der Waals surface area contributed by atoms with Gasteiger partial charge in [-0.2, -0.15) is 10.2 Å². The lowest BCUT2D eigenvalue weighted by molar-refractivity contribution is -0.126. The summed E-state index contributed by atoms with van der Waals surface area (Å²) < 4.78 is 14.5. The standard InChI is InChI=1S/C24H26FN9O/c1-14-6-20(29-21-8-15(2)31-32-21)30-23(7-14)33-11-18(12-33)24(35)28-16(3)17-4-5-22(26-9-17)34-13-19(25)10-27-34/h4-10,13,16,18H,11-12H2,1-3H3,(H,28,35)(H2,29,30,31,32)/t16-/m0/s1. The summed E-state index contributed by atoms with van der Waals surface area (Å²) in [5.41, 5.74) is 2.89. The van der Waals surface area contributed by atoms with Crippen LogP contribution in [0.4, 0.5) is 21.8 Å². The Labute approximate surface area is 201 Å². The van der Waals surface area contributed by atoms with Gasteiger partial charge in [0.2, 0.25) is 5.91 Å². The molecule has 0 spiro atoms. The molecule has 3 N–H and O–H groups in total. The van der Waals surface area contributed by atoms with E-state index in [2.05, 4.69) is 40.8 Å². The highest BCUT2D eigenvalue weighted by atomic mass is 19.1. The summed E-state index contributed by atoms with van der Waals surface area (Å²) in [5, 5.41) is 17.3. The van der Waals surface area contributed by atoms with Crippen molar-refractivity contribution in [3.05, 3.63) is 71.6 Å². The van der Waals surface area contributed by atoms with E-state index in [1.165, 1.54) is 10.9 Å². The van der Waals surface area contributed by atoms with Gasteiger partial charge in [0.05, 0.1) is 24.4 Å². The van der Waals surface area contributed by atoms with Crippen molar-refractivity contribution in [2.24, 2.45) is 5.92 Å². The number of halogens is 1. The van der Waals surface area contributed by atoms with Crippen LogP contribution < -0.4 is 15.5 Å². The molecule has 0 radical (unpaired) electrons. The Morgan fingerprint density at radius 1 is 1.14 bits per heavy atom. The largest absolute Gasteiger partial charge is 0.355 e. The molecule has 4 aromatic rings. The van der Waals surface area contributed by atoms with Crippen LogP contribution in [-0.2, 0) is 4.79 Å². The van der Waals surface area contributed by atoms with E-state index in [0.717, 1.165) is 28.8 Å². The topological polar surface area (TPSA) is 117 Å². The molecule has 11 heteroatoms. The second kappa shape index (κ2) is 9.16. The fourth-order valence-electron chi connectivity index (χ4n) is 3.95. The highest BCUT2D eigenvalue weighted by Crippen LogP contribution is 2.27. The normalized spacial score (nSPS) is 14.5. The maximum absolute atomic E-state index is 13.2. The lowest BCUT2D eigenvalue weighted by Gasteiger charge is -2.39. The predicted molar refractivity (Wildman–Crippen MR) is 129 cm³/mol. The number of carbonyl (C=O) groups is 1. The average Bonchev–Trinajstić information content (AvgIpc) is 3.40. The predicted octanol–water partition coefficient (Wildman–Crippen LogP) is 3.20. The van der Waals surface area contributed by atoms with Crippen LogP contribution in [0, 0.1) is 25.6 Å². The summed E-state index contributed by atoms with van der Waals surface area (Å²) >= 11 is 0. The van der Waals surface area contributed by atoms with E-state index >= 15 is 0 Å². The molecule has 5 heterocycles. The third kappa shape index (κ3) is 4.98. The first-order chi connectivity index (χ1) is 16.8. The Bertz CT molecular complexity index is 1340. The highest BCUT2D eigenvalue weighted by Gasteiger charge is 2.34. The Hall–Kier alpha value is -4.28. The summed E-state index contributed by atoms with van der Waals surface area (Å²) in [5.74, 6) is 2.20. The molecule has 10 nitrogen and oxygen atoms in total. The zero-order valence-electron chi connectivity index (χ0n) is 19.7. The van der Waals surface area contributed by atoms with Gasteiger partial charge in [0.25, 0.3) is 0 Å². The van der Waals surface area contributed by atoms with Gasteiger partial charge in [-0.25, -0.2) is 19.0 Å². The van der Waals surface area contributed by atoms with Crippen LogP contribution in [0.25, 0.3) is 5.82 Å². The monoisotopic (exact) mass is 475 g/mol. The molecule has 4 aromatic heterocycles. The molecule has 1 saturated heterocycles. The van der Waals surface area contributed by atoms with Crippen molar-refractivity contribution >= 4 is 23.4 Å². The molecule has 180 valence electrons. The van der Waals surface area contributed by atoms with Crippen molar-refractivity contribution in [3.8, 4) is 5.82 Å². The van der Waals surface area contributed by atoms with Crippen LogP contribution in [0.1, 0.15) is 29.8 Å². The number of hydrogen-bond donors (Lipinski definition) is 3. The van der Waals surface area contributed by atoms with Gasteiger partial charge in [0.1, 0.15) is 11.6 Å². The minimum atomic E-state index is -0.424. The van der Waals surface area contributed by atoms with Crippen molar-refractivity contribution in [2.75, 3.05) is 23.3 Å².